The normalized spacial score (nSPS) is 20.7. The zero-order valence-corrected chi connectivity index (χ0v) is 7.79. The van der Waals surface area contributed by atoms with Gasteiger partial charge in [-0.2, -0.15) is 5.10 Å². The van der Waals surface area contributed by atoms with Crippen molar-refractivity contribution < 1.29 is 0 Å². The topological polar surface area (TPSA) is 67.6 Å². The van der Waals surface area contributed by atoms with Crippen molar-refractivity contribution in [1.82, 2.24) is 15.2 Å². The summed E-state index contributed by atoms with van der Waals surface area (Å²) in [6.45, 7) is 0.772. The van der Waals surface area contributed by atoms with Crippen molar-refractivity contribution in [3.05, 3.63) is 12.2 Å². The van der Waals surface area contributed by atoms with Gasteiger partial charge in [-0.3, -0.25) is 5.10 Å². The number of hydrogen-bond donors (Lipinski definition) is 2. The summed E-state index contributed by atoms with van der Waals surface area (Å²) in [7, 11) is 0. The first-order chi connectivity index (χ1) is 6.35. The molecule has 72 valence electrons. The summed E-state index contributed by atoms with van der Waals surface area (Å²) < 4.78 is 0. The van der Waals surface area contributed by atoms with Gasteiger partial charge in [0.05, 0.1) is 0 Å². The molecule has 0 radical (unpaired) electrons. The number of nitrogens with zero attached hydrogens (tertiary/aromatic N) is 2. The molecule has 1 saturated carbocycles. The van der Waals surface area contributed by atoms with Crippen LogP contribution in [0.1, 0.15) is 31.5 Å². The predicted octanol–water partition coefficient (Wildman–Crippen LogP) is 0.866. The number of aromatic amines is 1. The van der Waals surface area contributed by atoms with Gasteiger partial charge in [0.25, 0.3) is 0 Å². The Labute approximate surface area is 77.9 Å². The fourth-order valence-electron chi connectivity index (χ4n) is 2.25. The van der Waals surface area contributed by atoms with Crippen LogP contribution < -0.4 is 5.73 Å². The van der Waals surface area contributed by atoms with E-state index in [4.69, 9.17) is 5.73 Å². The van der Waals surface area contributed by atoms with Gasteiger partial charge in [-0.25, -0.2) is 4.98 Å². The molecular formula is C9H16N4. The molecular weight excluding hydrogens is 164 g/mol. The summed E-state index contributed by atoms with van der Waals surface area (Å²) in [5, 5.41) is 6.76. The third-order valence-corrected chi connectivity index (χ3v) is 3.10. The van der Waals surface area contributed by atoms with E-state index in [2.05, 4.69) is 15.2 Å². The summed E-state index contributed by atoms with van der Waals surface area (Å²) >= 11 is 0. The molecule has 13 heavy (non-hydrogen) atoms. The summed E-state index contributed by atoms with van der Waals surface area (Å²) in [6.07, 6.45) is 7.63. The Kier molecular flexibility index (Phi) is 2.31. The second-order valence-corrected chi connectivity index (χ2v) is 4.02. The van der Waals surface area contributed by atoms with Crippen molar-refractivity contribution in [2.24, 2.45) is 11.1 Å². The van der Waals surface area contributed by atoms with E-state index in [-0.39, 0.29) is 0 Å². The molecule has 0 aliphatic heterocycles. The first-order valence-corrected chi connectivity index (χ1v) is 4.89. The van der Waals surface area contributed by atoms with Gasteiger partial charge >= 0.3 is 0 Å². The molecule has 1 fully saturated rings. The Hall–Kier alpha value is -0.900. The van der Waals surface area contributed by atoms with Crippen molar-refractivity contribution in [3.63, 3.8) is 0 Å². The number of H-pyrrole nitrogens is 1. The quantitative estimate of drug-likeness (QED) is 0.725. The predicted molar refractivity (Wildman–Crippen MR) is 50.0 cm³/mol. The van der Waals surface area contributed by atoms with E-state index >= 15 is 0 Å². The fourth-order valence-corrected chi connectivity index (χ4v) is 2.25. The van der Waals surface area contributed by atoms with Gasteiger partial charge in [0.2, 0.25) is 0 Å². The molecule has 0 aromatic carbocycles. The molecule has 3 N–H and O–H groups in total. The first kappa shape index (κ1) is 8.69. The number of nitrogens with one attached hydrogen (secondary N) is 1. The van der Waals surface area contributed by atoms with Crippen LogP contribution in [0.15, 0.2) is 6.33 Å². The Balaban J connectivity index is 2.06. The van der Waals surface area contributed by atoms with Gasteiger partial charge in [0.15, 0.2) is 0 Å². The standard InChI is InChI=1S/C9H16N4/c10-6-9(3-1-2-4-9)5-8-11-7-12-13-8/h7H,1-6,10H2,(H,11,12,13). The Morgan fingerprint density at radius 3 is 2.77 bits per heavy atom. The Morgan fingerprint density at radius 2 is 2.23 bits per heavy atom. The van der Waals surface area contributed by atoms with E-state index in [1.165, 1.54) is 25.7 Å². The molecule has 4 nitrogen and oxygen atoms in total. The van der Waals surface area contributed by atoms with Gasteiger partial charge in [-0.1, -0.05) is 12.8 Å². The number of nitrogens with two attached hydrogens (primary N) is 1. The fraction of sp³-hybridized carbons (Fsp3) is 0.778. The van der Waals surface area contributed by atoms with E-state index in [0.717, 1.165) is 18.8 Å². The van der Waals surface area contributed by atoms with Gasteiger partial charge < -0.3 is 5.73 Å². The molecule has 0 atom stereocenters. The van der Waals surface area contributed by atoms with Gasteiger partial charge in [0, 0.05) is 6.42 Å². The number of rotatable bonds is 3. The molecule has 0 saturated heterocycles. The third kappa shape index (κ3) is 1.72. The SMILES string of the molecule is NCC1(Cc2ncn[nH]2)CCCC1. The van der Waals surface area contributed by atoms with Gasteiger partial charge in [0.1, 0.15) is 12.2 Å². The van der Waals surface area contributed by atoms with Crippen LogP contribution in [0.2, 0.25) is 0 Å². The average Bonchev–Trinajstić information content (AvgIpc) is 2.77. The van der Waals surface area contributed by atoms with Crippen LogP contribution in [0.5, 0.6) is 0 Å². The highest BCUT2D eigenvalue weighted by Gasteiger charge is 2.33. The zero-order chi connectivity index (χ0) is 9.15. The van der Waals surface area contributed by atoms with Crippen molar-refractivity contribution in [2.75, 3.05) is 6.54 Å². The Bertz CT molecular complexity index is 249. The molecule has 1 aliphatic rings. The lowest BCUT2D eigenvalue weighted by Gasteiger charge is -2.25. The average molecular weight is 180 g/mol. The minimum atomic E-state index is 0.305. The van der Waals surface area contributed by atoms with E-state index in [9.17, 15) is 0 Å². The molecule has 0 amide bonds. The van der Waals surface area contributed by atoms with E-state index in [1.807, 2.05) is 0 Å². The monoisotopic (exact) mass is 180 g/mol. The van der Waals surface area contributed by atoms with Crippen LogP contribution in [0, 0.1) is 5.41 Å². The van der Waals surface area contributed by atoms with Crippen LogP contribution in [0.25, 0.3) is 0 Å². The highest BCUT2D eigenvalue weighted by Crippen LogP contribution is 2.39. The molecule has 4 heteroatoms. The maximum absolute atomic E-state index is 5.82. The molecule has 0 bridgehead atoms. The lowest BCUT2D eigenvalue weighted by Crippen LogP contribution is -2.30. The van der Waals surface area contributed by atoms with E-state index < -0.39 is 0 Å². The second-order valence-electron chi connectivity index (χ2n) is 4.02. The highest BCUT2D eigenvalue weighted by atomic mass is 15.2. The number of aromatic nitrogens is 3. The minimum absolute atomic E-state index is 0.305. The molecule has 1 heterocycles. The molecule has 2 rings (SSSR count). The van der Waals surface area contributed by atoms with Crippen molar-refractivity contribution in [3.8, 4) is 0 Å². The first-order valence-electron chi connectivity index (χ1n) is 4.89. The molecule has 1 aromatic heterocycles. The minimum Gasteiger partial charge on any atom is -0.330 e. The van der Waals surface area contributed by atoms with Crippen molar-refractivity contribution in [2.45, 2.75) is 32.1 Å². The zero-order valence-electron chi connectivity index (χ0n) is 7.79. The van der Waals surface area contributed by atoms with Gasteiger partial charge in [-0.15, -0.1) is 0 Å². The molecule has 0 unspecified atom stereocenters. The Morgan fingerprint density at radius 1 is 1.46 bits per heavy atom. The van der Waals surface area contributed by atoms with Crippen LogP contribution in [0.4, 0.5) is 0 Å². The van der Waals surface area contributed by atoms with E-state index in [1.54, 1.807) is 6.33 Å². The summed E-state index contributed by atoms with van der Waals surface area (Å²) in [6, 6.07) is 0. The maximum Gasteiger partial charge on any atom is 0.137 e. The van der Waals surface area contributed by atoms with Crippen LogP contribution in [-0.4, -0.2) is 21.7 Å². The molecule has 1 aliphatic carbocycles. The largest absolute Gasteiger partial charge is 0.330 e. The van der Waals surface area contributed by atoms with Crippen LogP contribution >= 0.6 is 0 Å². The summed E-state index contributed by atoms with van der Waals surface area (Å²) in [5.74, 6) is 0.979. The lowest BCUT2D eigenvalue weighted by atomic mass is 9.82. The highest BCUT2D eigenvalue weighted by molar-refractivity contribution is 4.95. The van der Waals surface area contributed by atoms with Crippen LogP contribution in [-0.2, 0) is 6.42 Å². The lowest BCUT2D eigenvalue weighted by molar-refractivity contribution is 0.300. The van der Waals surface area contributed by atoms with Crippen LogP contribution in [0.3, 0.4) is 0 Å². The van der Waals surface area contributed by atoms with E-state index in [0.29, 0.717) is 5.41 Å². The second kappa shape index (κ2) is 3.46. The smallest absolute Gasteiger partial charge is 0.137 e. The molecule has 0 spiro atoms. The number of hydrogen-bond acceptors (Lipinski definition) is 3. The van der Waals surface area contributed by atoms with Crippen molar-refractivity contribution >= 4 is 0 Å². The summed E-state index contributed by atoms with van der Waals surface area (Å²) in [4.78, 5) is 4.15. The summed E-state index contributed by atoms with van der Waals surface area (Å²) in [5.41, 5.74) is 6.13. The third-order valence-electron chi connectivity index (χ3n) is 3.10. The maximum atomic E-state index is 5.82. The molecule has 1 aromatic rings. The van der Waals surface area contributed by atoms with Gasteiger partial charge in [-0.05, 0) is 24.8 Å². The van der Waals surface area contributed by atoms with Crippen molar-refractivity contribution in [1.29, 1.82) is 0 Å².